The highest BCUT2D eigenvalue weighted by molar-refractivity contribution is 5.82. The predicted molar refractivity (Wildman–Crippen MR) is 71.2 cm³/mol. The molecule has 0 bridgehead atoms. The summed E-state index contributed by atoms with van der Waals surface area (Å²) in [5, 5.41) is 20.5. The van der Waals surface area contributed by atoms with E-state index in [0.717, 1.165) is 6.42 Å². The fourth-order valence-electron chi connectivity index (χ4n) is 1.76. The number of aromatic amines is 1. The maximum atomic E-state index is 12.0. The van der Waals surface area contributed by atoms with Crippen molar-refractivity contribution in [3.8, 4) is 0 Å². The second-order valence-corrected chi connectivity index (χ2v) is 4.33. The Morgan fingerprint density at radius 2 is 2.25 bits per heavy atom. The molecule has 0 aliphatic heterocycles. The monoisotopic (exact) mass is 284 g/mol. The molecule has 1 atom stereocenters. The number of aromatic nitrogens is 2. The molecule has 8 nitrogen and oxygen atoms in total. The summed E-state index contributed by atoms with van der Waals surface area (Å²) in [6, 6.07) is -1.53. The van der Waals surface area contributed by atoms with Crippen LogP contribution in [-0.2, 0) is 11.2 Å². The van der Waals surface area contributed by atoms with Gasteiger partial charge in [-0.2, -0.15) is 0 Å². The smallest absolute Gasteiger partial charge is 0.326 e. The predicted octanol–water partition coefficient (Wildman–Crippen LogP) is -0.181. The second kappa shape index (κ2) is 8.16. The zero-order valence-electron chi connectivity index (χ0n) is 11.4. The van der Waals surface area contributed by atoms with Crippen molar-refractivity contribution >= 4 is 12.0 Å². The van der Waals surface area contributed by atoms with Crippen molar-refractivity contribution in [2.45, 2.75) is 25.8 Å². The molecule has 0 aromatic carbocycles. The van der Waals surface area contributed by atoms with Crippen molar-refractivity contribution in [3.05, 3.63) is 18.2 Å². The van der Waals surface area contributed by atoms with Gasteiger partial charge in [0.05, 0.1) is 12.9 Å². The average Bonchev–Trinajstić information content (AvgIpc) is 2.90. The molecular weight excluding hydrogens is 264 g/mol. The number of aliphatic hydroxyl groups is 1. The van der Waals surface area contributed by atoms with Gasteiger partial charge >= 0.3 is 12.0 Å². The second-order valence-electron chi connectivity index (χ2n) is 4.33. The lowest BCUT2D eigenvalue weighted by Crippen LogP contribution is -2.49. The Morgan fingerprint density at radius 3 is 2.75 bits per heavy atom. The summed E-state index contributed by atoms with van der Waals surface area (Å²) in [4.78, 5) is 31.2. The molecule has 0 fully saturated rings. The molecular formula is C12H20N4O4. The Bertz CT molecular complexity index is 415. The van der Waals surface area contributed by atoms with Gasteiger partial charge in [0.25, 0.3) is 0 Å². The highest BCUT2D eigenvalue weighted by Gasteiger charge is 2.23. The van der Waals surface area contributed by atoms with Crippen molar-refractivity contribution in [2.24, 2.45) is 0 Å². The van der Waals surface area contributed by atoms with E-state index in [-0.39, 0.29) is 19.6 Å². The average molecular weight is 284 g/mol. The maximum Gasteiger partial charge on any atom is 0.326 e. The third-order valence-electron chi connectivity index (χ3n) is 2.73. The summed E-state index contributed by atoms with van der Waals surface area (Å²) in [6.07, 6.45) is 3.82. The molecule has 0 spiro atoms. The van der Waals surface area contributed by atoms with Crippen LogP contribution in [0.15, 0.2) is 12.5 Å². The number of H-pyrrole nitrogens is 1. The molecule has 0 unspecified atom stereocenters. The summed E-state index contributed by atoms with van der Waals surface area (Å²) in [7, 11) is 0. The number of rotatable bonds is 8. The number of nitrogens with one attached hydrogen (secondary N) is 2. The highest BCUT2D eigenvalue weighted by Crippen LogP contribution is 2.01. The number of aliphatic hydroxyl groups excluding tert-OH is 1. The van der Waals surface area contributed by atoms with Crippen LogP contribution in [0.2, 0.25) is 0 Å². The third-order valence-corrected chi connectivity index (χ3v) is 2.73. The molecule has 0 aliphatic carbocycles. The van der Waals surface area contributed by atoms with Crippen LogP contribution in [0.1, 0.15) is 19.0 Å². The number of carboxylic acid groups (broad SMARTS) is 1. The first-order valence-corrected chi connectivity index (χ1v) is 6.44. The van der Waals surface area contributed by atoms with Crippen LogP contribution in [-0.4, -0.2) is 62.8 Å². The minimum atomic E-state index is -1.12. The van der Waals surface area contributed by atoms with Gasteiger partial charge in [0.15, 0.2) is 0 Å². The van der Waals surface area contributed by atoms with Gasteiger partial charge in [0.1, 0.15) is 6.04 Å². The van der Waals surface area contributed by atoms with E-state index in [9.17, 15) is 9.59 Å². The minimum absolute atomic E-state index is 0.125. The normalized spacial score (nSPS) is 11.9. The molecule has 1 heterocycles. The van der Waals surface area contributed by atoms with Gasteiger partial charge in [0.2, 0.25) is 0 Å². The summed E-state index contributed by atoms with van der Waals surface area (Å²) < 4.78 is 0. The third kappa shape index (κ3) is 4.88. The molecule has 4 N–H and O–H groups in total. The number of imidazole rings is 1. The SMILES string of the molecule is CCCN(CCO)C(=O)N[C@@H](Cc1cnc[nH]1)C(=O)O. The minimum Gasteiger partial charge on any atom is -0.480 e. The lowest BCUT2D eigenvalue weighted by molar-refractivity contribution is -0.139. The number of amides is 2. The van der Waals surface area contributed by atoms with E-state index in [0.29, 0.717) is 12.2 Å². The summed E-state index contributed by atoms with van der Waals surface area (Å²) in [5.41, 5.74) is 0.627. The largest absolute Gasteiger partial charge is 0.480 e. The topological polar surface area (TPSA) is 119 Å². The van der Waals surface area contributed by atoms with Gasteiger partial charge in [-0.15, -0.1) is 0 Å². The van der Waals surface area contributed by atoms with Crippen molar-refractivity contribution < 1.29 is 19.8 Å². The number of hydrogen-bond acceptors (Lipinski definition) is 4. The molecule has 1 aromatic heterocycles. The first kappa shape index (κ1) is 16.0. The van der Waals surface area contributed by atoms with Crippen LogP contribution >= 0.6 is 0 Å². The number of carbonyl (C=O) groups excluding carboxylic acids is 1. The van der Waals surface area contributed by atoms with E-state index in [2.05, 4.69) is 15.3 Å². The Balaban J connectivity index is 2.64. The summed E-state index contributed by atoms with van der Waals surface area (Å²) in [6.45, 7) is 2.38. The molecule has 1 aromatic rings. The molecule has 8 heteroatoms. The van der Waals surface area contributed by atoms with E-state index < -0.39 is 18.0 Å². The fourth-order valence-corrected chi connectivity index (χ4v) is 1.76. The van der Waals surface area contributed by atoms with E-state index in [1.165, 1.54) is 17.4 Å². The van der Waals surface area contributed by atoms with Crippen LogP contribution < -0.4 is 5.32 Å². The first-order chi connectivity index (χ1) is 9.58. The van der Waals surface area contributed by atoms with Gasteiger partial charge in [-0.05, 0) is 6.42 Å². The van der Waals surface area contributed by atoms with Gasteiger partial charge < -0.3 is 25.4 Å². The van der Waals surface area contributed by atoms with Crippen LogP contribution in [0.5, 0.6) is 0 Å². The maximum absolute atomic E-state index is 12.0. The Morgan fingerprint density at radius 1 is 1.50 bits per heavy atom. The van der Waals surface area contributed by atoms with Crippen molar-refractivity contribution in [1.82, 2.24) is 20.2 Å². The quantitative estimate of drug-likeness (QED) is 0.528. The number of urea groups is 1. The lowest BCUT2D eigenvalue weighted by Gasteiger charge is -2.24. The van der Waals surface area contributed by atoms with E-state index in [1.54, 1.807) is 0 Å². The molecule has 0 radical (unpaired) electrons. The van der Waals surface area contributed by atoms with Crippen LogP contribution in [0, 0.1) is 0 Å². The number of carboxylic acids is 1. The van der Waals surface area contributed by atoms with Crippen LogP contribution in [0.4, 0.5) is 4.79 Å². The first-order valence-electron chi connectivity index (χ1n) is 6.44. The number of nitrogens with zero attached hydrogens (tertiary/aromatic N) is 2. The van der Waals surface area contributed by atoms with E-state index in [4.69, 9.17) is 10.2 Å². The molecule has 2 amide bonds. The van der Waals surface area contributed by atoms with Crippen LogP contribution in [0.3, 0.4) is 0 Å². The zero-order chi connectivity index (χ0) is 15.0. The Kier molecular flexibility index (Phi) is 6.51. The van der Waals surface area contributed by atoms with Crippen molar-refractivity contribution in [2.75, 3.05) is 19.7 Å². The summed E-state index contributed by atoms with van der Waals surface area (Å²) >= 11 is 0. The molecule has 0 saturated heterocycles. The van der Waals surface area contributed by atoms with Gasteiger partial charge in [0, 0.05) is 31.4 Å². The number of carbonyl (C=O) groups is 2. The Hall–Kier alpha value is -2.09. The molecule has 112 valence electrons. The number of hydrogen-bond donors (Lipinski definition) is 4. The highest BCUT2D eigenvalue weighted by atomic mass is 16.4. The van der Waals surface area contributed by atoms with Gasteiger partial charge in [-0.3, -0.25) is 0 Å². The molecule has 1 rings (SSSR count). The molecule has 20 heavy (non-hydrogen) atoms. The van der Waals surface area contributed by atoms with Crippen LogP contribution in [0.25, 0.3) is 0 Å². The zero-order valence-corrected chi connectivity index (χ0v) is 11.4. The summed E-state index contributed by atoms with van der Waals surface area (Å²) in [5.74, 6) is -1.12. The van der Waals surface area contributed by atoms with E-state index >= 15 is 0 Å². The standard InChI is InChI=1S/C12H20N4O4/c1-2-3-16(4-5-17)12(20)15-10(11(18)19)6-9-7-13-8-14-9/h7-8,10,17H,2-6H2,1H3,(H,13,14)(H,15,20)(H,18,19)/t10-/m0/s1. The molecule has 0 saturated carbocycles. The van der Waals surface area contributed by atoms with Gasteiger partial charge in [-0.25, -0.2) is 14.6 Å². The number of aliphatic carboxylic acids is 1. The fraction of sp³-hybridized carbons (Fsp3) is 0.583. The van der Waals surface area contributed by atoms with Crippen molar-refractivity contribution in [3.63, 3.8) is 0 Å². The van der Waals surface area contributed by atoms with Crippen molar-refractivity contribution in [1.29, 1.82) is 0 Å². The van der Waals surface area contributed by atoms with E-state index in [1.807, 2.05) is 6.92 Å². The Labute approximate surface area is 116 Å². The molecule has 0 aliphatic rings. The lowest BCUT2D eigenvalue weighted by atomic mass is 10.1. The van der Waals surface area contributed by atoms with Gasteiger partial charge in [-0.1, -0.05) is 6.92 Å².